The zero-order valence-electron chi connectivity index (χ0n) is 18.6. The summed E-state index contributed by atoms with van der Waals surface area (Å²) in [5.41, 5.74) is -1.67. The Balaban J connectivity index is 1.65. The molecule has 1 unspecified atom stereocenters. The summed E-state index contributed by atoms with van der Waals surface area (Å²) in [6.07, 6.45) is -2.23. The predicted molar refractivity (Wildman–Crippen MR) is 116 cm³/mol. The molecular weight excluding hydrogens is 475 g/mol. The Hall–Kier alpha value is -2.34. The largest absolute Gasteiger partial charge is 0.469 e. The molecule has 3 heterocycles. The molecule has 0 saturated carbocycles. The van der Waals surface area contributed by atoms with Gasteiger partial charge in [-0.2, -0.15) is 0 Å². The average Bonchev–Trinajstić information content (AvgIpc) is 3.12. The number of phosphoric acid groups is 1. The molecule has 0 radical (unpaired) electrons. The standard InChI is InChI=1S/C19H27N4O10P/c1-21-5-6-22(2)13(10-21)18(26)31-7-3-4-12-9-23(19(27)20-17(12)25)16-8-14(24)15(33-16)11-32-34(28,29)30/h9,13-16,24H,5-8,10-11H2,1-2H3,(H,20,25,27)(H2,28,29,30)/t13?,14-,15-,16-/m1/s1. The van der Waals surface area contributed by atoms with Gasteiger partial charge in [0.15, 0.2) is 6.61 Å². The molecule has 0 spiro atoms. The molecule has 2 aliphatic rings. The van der Waals surface area contributed by atoms with E-state index in [0.29, 0.717) is 6.54 Å². The number of hydrogen-bond donors (Lipinski definition) is 4. The van der Waals surface area contributed by atoms with Crippen molar-refractivity contribution in [1.29, 1.82) is 0 Å². The monoisotopic (exact) mass is 502 g/mol. The fourth-order valence-corrected chi connectivity index (χ4v) is 3.94. The minimum atomic E-state index is -4.77. The van der Waals surface area contributed by atoms with Gasteiger partial charge in [0.25, 0.3) is 5.56 Å². The van der Waals surface area contributed by atoms with Gasteiger partial charge in [0, 0.05) is 32.3 Å². The van der Waals surface area contributed by atoms with Gasteiger partial charge in [-0.3, -0.25) is 28.6 Å². The minimum Gasteiger partial charge on any atom is -0.451 e. The minimum absolute atomic E-state index is 0.0883. The molecule has 4 N–H and O–H groups in total. The number of nitrogens with one attached hydrogen (secondary N) is 1. The highest BCUT2D eigenvalue weighted by atomic mass is 31.2. The van der Waals surface area contributed by atoms with Gasteiger partial charge in [-0.15, -0.1) is 0 Å². The number of esters is 1. The number of hydrogen-bond acceptors (Lipinski definition) is 10. The van der Waals surface area contributed by atoms with Gasteiger partial charge in [0.05, 0.1) is 12.7 Å². The third kappa shape index (κ3) is 6.84. The summed E-state index contributed by atoms with van der Waals surface area (Å²) < 4.78 is 26.9. The van der Waals surface area contributed by atoms with E-state index in [1.807, 2.05) is 23.9 Å². The number of aromatic nitrogens is 2. The number of phosphoric ester groups is 1. The number of aliphatic hydroxyl groups excluding tert-OH is 1. The smallest absolute Gasteiger partial charge is 0.451 e. The lowest BCUT2D eigenvalue weighted by Gasteiger charge is -2.35. The van der Waals surface area contributed by atoms with Crippen LogP contribution in [0.4, 0.5) is 0 Å². The highest BCUT2D eigenvalue weighted by Crippen LogP contribution is 2.38. The lowest BCUT2D eigenvalue weighted by molar-refractivity contribution is -0.150. The van der Waals surface area contributed by atoms with Crippen LogP contribution in [-0.2, 0) is 23.4 Å². The lowest BCUT2D eigenvalue weighted by atomic mass is 10.2. The van der Waals surface area contributed by atoms with Gasteiger partial charge < -0.3 is 29.3 Å². The second-order valence-corrected chi connectivity index (χ2v) is 9.34. The first-order valence-electron chi connectivity index (χ1n) is 10.4. The number of rotatable bonds is 6. The number of aliphatic hydroxyl groups is 1. The lowest BCUT2D eigenvalue weighted by Crippen LogP contribution is -2.54. The Morgan fingerprint density at radius 1 is 1.32 bits per heavy atom. The van der Waals surface area contributed by atoms with Gasteiger partial charge in [-0.05, 0) is 14.1 Å². The molecule has 1 aromatic rings. The van der Waals surface area contributed by atoms with E-state index in [9.17, 15) is 24.1 Å². The van der Waals surface area contributed by atoms with E-state index in [1.165, 1.54) is 0 Å². The van der Waals surface area contributed by atoms with Crippen LogP contribution < -0.4 is 11.2 Å². The van der Waals surface area contributed by atoms with Crippen LogP contribution in [0.1, 0.15) is 18.2 Å². The Bertz CT molecular complexity index is 1120. The fourth-order valence-electron chi connectivity index (χ4n) is 3.59. The summed E-state index contributed by atoms with van der Waals surface area (Å²) in [4.78, 5) is 60.3. The Morgan fingerprint density at radius 2 is 2.06 bits per heavy atom. The van der Waals surface area contributed by atoms with Crippen LogP contribution in [0.25, 0.3) is 0 Å². The van der Waals surface area contributed by atoms with Gasteiger partial charge >= 0.3 is 19.5 Å². The van der Waals surface area contributed by atoms with Gasteiger partial charge in [0.1, 0.15) is 23.9 Å². The molecule has 1 aromatic heterocycles. The first kappa shape index (κ1) is 26.3. The SMILES string of the molecule is CN1CCN(C)C(C(=O)OCC#Cc2cn([C@H]3C[C@@H](O)[C@@H](COP(=O)(O)O)O3)c(=O)[nH]c2=O)C1. The van der Waals surface area contributed by atoms with Crippen molar-refractivity contribution in [1.82, 2.24) is 19.4 Å². The molecule has 0 aromatic carbocycles. The molecule has 0 amide bonds. The number of nitrogens with zero attached hydrogens (tertiary/aromatic N) is 3. The molecule has 14 nitrogen and oxygen atoms in total. The van der Waals surface area contributed by atoms with E-state index in [4.69, 9.17) is 19.3 Å². The summed E-state index contributed by atoms with van der Waals surface area (Å²) in [7, 11) is -1.02. The maximum atomic E-state index is 12.3. The van der Waals surface area contributed by atoms with Crippen molar-refractivity contribution in [3.63, 3.8) is 0 Å². The van der Waals surface area contributed by atoms with E-state index in [1.54, 1.807) is 0 Å². The number of carbonyl (C=O) groups is 1. The number of piperazine rings is 1. The Kier molecular flexibility index (Phi) is 8.45. The number of ether oxygens (including phenoxy) is 2. The van der Waals surface area contributed by atoms with Crippen LogP contribution in [0.15, 0.2) is 15.8 Å². The van der Waals surface area contributed by atoms with Crippen LogP contribution in [0.5, 0.6) is 0 Å². The quantitative estimate of drug-likeness (QED) is 0.181. The molecule has 2 aliphatic heterocycles. The third-order valence-electron chi connectivity index (χ3n) is 5.52. The number of carbonyl (C=O) groups excluding carboxylic acids is 1. The number of aromatic amines is 1. The first-order valence-corrected chi connectivity index (χ1v) is 11.9. The summed E-state index contributed by atoms with van der Waals surface area (Å²) in [6.45, 7) is 1.25. The number of likely N-dealkylation sites (N-methyl/N-ethyl adjacent to an activating group) is 2. The summed E-state index contributed by atoms with van der Waals surface area (Å²) in [5.74, 6) is 4.69. The van der Waals surface area contributed by atoms with Crippen molar-refractivity contribution in [3.8, 4) is 11.8 Å². The average molecular weight is 502 g/mol. The van der Waals surface area contributed by atoms with Crippen molar-refractivity contribution in [3.05, 3.63) is 32.6 Å². The highest BCUT2D eigenvalue weighted by molar-refractivity contribution is 7.46. The van der Waals surface area contributed by atoms with E-state index in [0.717, 1.165) is 23.9 Å². The van der Waals surface area contributed by atoms with E-state index in [-0.39, 0.29) is 18.6 Å². The van der Waals surface area contributed by atoms with E-state index < -0.39 is 56.1 Å². The van der Waals surface area contributed by atoms with Crippen LogP contribution in [0.2, 0.25) is 0 Å². The molecule has 0 aliphatic carbocycles. The maximum absolute atomic E-state index is 12.3. The molecule has 34 heavy (non-hydrogen) atoms. The van der Waals surface area contributed by atoms with Crippen molar-refractivity contribution >= 4 is 13.8 Å². The topological polar surface area (TPSA) is 184 Å². The van der Waals surface area contributed by atoms with Crippen LogP contribution >= 0.6 is 7.82 Å². The highest BCUT2D eigenvalue weighted by Gasteiger charge is 2.37. The number of H-pyrrole nitrogens is 1. The molecule has 0 bridgehead atoms. The fraction of sp³-hybridized carbons (Fsp3) is 0.632. The van der Waals surface area contributed by atoms with Gasteiger partial charge in [-0.25, -0.2) is 9.36 Å². The zero-order chi connectivity index (χ0) is 25.0. The van der Waals surface area contributed by atoms with Crippen molar-refractivity contribution in [2.45, 2.75) is 30.9 Å². The summed E-state index contributed by atoms with van der Waals surface area (Å²) >= 11 is 0. The third-order valence-corrected chi connectivity index (χ3v) is 6.01. The predicted octanol–water partition coefficient (Wildman–Crippen LogP) is -2.57. The molecule has 188 valence electrons. The molecular formula is C19H27N4O10P. The van der Waals surface area contributed by atoms with Crippen LogP contribution in [0, 0.1) is 11.8 Å². The normalized spacial score (nSPS) is 26.1. The maximum Gasteiger partial charge on any atom is 0.469 e. The Morgan fingerprint density at radius 3 is 2.76 bits per heavy atom. The Labute approximate surface area is 194 Å². The summed E-state index contributed by atoms with van der Waals surface area (Å²) in [6, 6.07) is -0.417. The molecule has 15 heteroatoms. The molecule has 2 fully saturated rings. The zero-order valence-corrected chi connectivity index (χ0v) is 19.5. The summed E-state index contributed by atoms with van der Waals surface area (Å²) in [5, 5.41) is 10.1. The van der Waals surface area contributed by atoms with Crippen LogP contribution in [-0.4, -0.2) is 105 Å². The van der Waals surface area contributed by atoms with Gasteiger partial charge in [0.2, 0.25) is 0 Å². The van der Waals surface area contributed by atoms with E-state index >= 15 is 0 Å². The second-order valence-electron chi connectivity index (χ2n) is 8.10. The van der Waals surface area contributed by atoms with E-state index in [2.05, 4.69) is 21.3 Å². The van der Waals surface area contributed by atoms with Crippen LogP contribution in [0.3, 0.4) is 0 Å². The van der Waals surface area contributed by atoms with Crippen molar-refractivity contribution in [2.24, 2.45) is 0 Å². The first-order chi connectivity index (χ1) is 15.9. The molecule has 2 saturated heterocycles. The van der Waals surface area contributed by atoms with Crippen molar-refractivity contribution in [2.75, 3.05) is 46.9 Å². The molecule has 4 atom stereocenters. The van der Waals surface area contributed by atoms with Gasteiger partial charge in [-0.1, -0.05) is 11.8 Å². The molecule has 3 rings (SSSR count). The second kappa shape index (κ2) is 10.9. The van der Waals surface area contributed by atoms with Crippen molar-refractivity contribution < 1.29 is 38.3 Å².